The second kappa shape index (κ2) is 8.56. The molecule has 3 aliphatic heterocycles. The second-order valence-electron chi connectivity index (χ2n) is 8.36. The lowest BCUT2D eigenvalue weighted by atomic mass is 10.0. The molecule has 3 aromatic rings. The SMILES string of the molecule is O=C1c2ccccc2NC(c2ccccc2S(=O)(=O)N2CCOCC2)N1c1ccc2c(c1)OCO2. The topological polar surface area (TPSA) is 97.4 Å². The molecular weight excluding hydrogens is 470 g/mol. The smallest absolute Gasteiger partial charge is 0.262 e. The zero-order chi connectivity index (χ0) is 24.0. The molecule has 0 saturated carbocycles. The van der Waals surface area contributed by atoms with Gasteiger partial charge in [0.1, 0.15) is 6.17 Å². The van der Waals surface area contributed by atoms with Gasteiger partial charge in [-0.25, -0.2) is 8.42 Å². The zero-order valence-corrected chi connectivity index (χ0v) is 19.5. The van der Waals surface area contributed by atoms with Crippen molar-refractivity contribution in [2.24, 2.45) is 0 Å². The Balaban J connectivity index is 1.50. The van der Waals surface area contributed by atoms with Crippen LogP contribution in [0.2, 0.25) is 0 Å². The van der Waals surface area contributed by atoms with Crippen LogP contribution in [0.4, 0.5) is 11.4 Å². The van der Waals surface area contributed by atoms with Gasteiger partial charge in [0, 0.05) is 30.4 Å². The Kier molecular flexibility index (Phi) is 5.36. The first kappa shape index (κ1) is 21.9. The minimum Gasteiger partial charge on any atom is -0.454 e. The van der Waals surface area contributed by atoms with E-state index < -0.39 is 16.2 Å². The molecule has 3 aliphatic rings. The molecule has 0 bridgehead atoms. The van der Waals surface area contributed by atoms with Crippen molar-refractivity contribution in [3.63, 3.8) is 0 Å². The fraction of sp³-hybridized carbons (Fsp3) is 0.240. The van der Waals surface area contributed by atoms with Gasteiger partial charge in [0.25, 0.3) is 5.91 Å². The number of nitrogens with one attached hydrogen (secondary N) is 1. The van der Waals surface area contributed by atoms with Crippen LogP contribution in [0.25, 0.3) is 0 Å². The maximum atomic E-state index is 13.8. The van der Waals surface area contributed by atoms with Gasteiger partial charge in [-0.1, -0.05) is 30.3 Å². The molecule has 1 amide bonds. The maximum absolute atomic E-state index is 13.8. The van der Waals surface area contributed by atoms with E-state index in [2.05, 4.69) is 5.32 Å². The number of carbonyl (C=O) groups excluding carboxylic acids is 1. The molecule has 1 saturated heterocycles. The van der Waals surface area contributed by atoms with Gasteiger partial charge in [-0.3, -0.25) is 9.69 Å². The number of anilines is 2. The first-order chi connectivity index (χ1) is 17.0. The van der Waals surface area contributed by atoms with Crippen LogP contribution >= 0.6 is 0 Å². The van der Waals surface area contributed by atoms with E-state index in [0.717, 1.165) is 0 Å². The number of carbonyl (C=O) groups is 1. The number of nitrogens with zero attached hydrogens (tertiary/aromatic N) is 2. The molecule has 0 radical (unpaired) electrons. The molecule has 1 fully saturated rings. The third-order valence-corrected chi connectivity index (χ3v) is 8.34. The highest BCUT2D eigenvalue weighted by Gasteiger charge is 2.38. The van der Waals surface area contributed by atoms with Gasteiger partial charge >= 0.3 is 0 Å². The van der Waals surface area contributed by atoms with Crippen LogP contribution in [-0.4, -0.2) is 51.7 Å². The maximum Gasteiger partial charge on any atom is 0.262 e. The van der Waals surface area contributed by atoms with Crippen LogP contribution in [-0.2, 0) is 14.8 Å². The van der Waals surface area contributed by atoms with Crippen LogP contribution in [0.5, 0.6) is 11.5 Å². The van der Waals surface area contributed by atoms with E-state index in [4.69, 9.17) is 14.2 Å². The van der Waals surface area contributed by atoms with Gasteiger partial charge in [-0.05, 0) is 30.3 Å². The molecule has 1 N–H and O–H groups in total. The lowest BCUT2D eigenvalue weighted by Crippen LogP contribution is -2.45. The zero-order valence-electron chi connectivity index (χ0n) is 18.7. The summed E-state index contributed by atoms with van der Waals surface area (Å²) in [6.45, 7) is 1.36. The summed E-state index contributed by atoms with van der Waals surface area (Å²) in [6.07, 6.45) is -0.773. The number of hydrogen-bond acceptors (Lipinski definition) is 7. The lowest BCUT2D eigenvalue weighted by Gasteiger charge is -2.39. The number of amides is 1. The predicted octanol–water partition coefficient (Wildman–Crippen LogP) is 3.21. The third-order valence-electron chi connectivity index (χ3n) is 6.36. The number of hydrogen-bond donors (Lipinski definition) is 1. The molecular formula is C25H23N3O6S. The Morgan fingerprint density at radius 1 is 0.886 bits per heavy atom. The van der Waals surface area contributed by atoms with Gasteiger partial charge in [-0.2, -0.15) is 4.31 Å². The fourth-order valence-electron chi connectivity index (χ4n) is 4.64. The summed E-state index contributed by atoms with van der Waals surface area (Å²) in [6, 6.07) is 19.3. The Labute approximate surface area is 202 Å². The molecule has 0 aromatic heterocycles. The molecule has 35 heavy (non-hydrogen) atoms. The number of para-hydroxylation sites is 1. The van der Waals surface area contributed by atoms with Crippen molar-refractivity contribution in [1.29, 1.82) is 0 Å². The highest BCUT2D eigenvalue weighted by atomic mass is 32.2. The van der Waals surface area contributed by atoms with Crippen molar-refractivity contribution >= 4 is 27.3 Å². The van der Waals surface area contributed by atoms with Crippen LogP contribution in [0, 0.1) is 0 Å². The highest BCUT2D eigenvalue weighted by Crippen LogP contribution is 2.42. The average molecular weight is 494 g/mol. The van der Waals surface area contributed by atoms with Crippen molar-refractivity contribution < 1.29 is 27.4 Å². The number of sulfonamides is 1. The summed E-state index contributed by atoms with van der Waals surface area (Å²) in [4.78, 5) is 15.5. The number of ether oxygens (including phenoxy) is 3. The standard InChI is InChI=1S/C25H23N3O6S/c29-25-18-5-1-3-7-20(18)26-24(28(25)17-9-10-21-22(15-17)34-16-33-21)19-6-2-4-8-23(19)35(30,31)27-11-13-32-14-12-27/h1-10,15,24,26H,11-14,16H2. The summed E-state index contributed by atoms with van der Waals surface area (Å²) in [5.41, 5.74) is 2.16. The average Bonchev–Trinajstić information content (AvgIpc) is 3.37. The van der Waals surface area contributed by atoms with Crippen LogP contribution < -0.4 is 19.7 Å². The van der Waals surface area contributed by atoms with Crippen LogP contribution in [0.15, 0.2) is 71.6 Å². The molecule has 0 spiro atoms. The molecule has 9 nitrogen and oxygen atoms in total. The number of morpholine rings is 1. The van der Waals surface area contributed by atoms with E-state index in [-0.39, 0.29) is 30.7 Å². The number of rotatable bonds is 4. The van der Waals surface area contributed by atoms with Crippen molar-refractivity contribution in [3.05, 3.63) is 77.9 Å². The lowest BCUT2D eigenvalue weighted by molar-refractivity contribution is 0.0730. The molecule has 3 heterocycles. The molecule has 0 aliphatic carbocycles. The minimum atomic E-state index is -3.82. The normalized spacial score (nSPS) is 19.8. The summed E-state index contributed by atoms with van der Waals surface area (Å²) in [7, 11) is -3.82. The van der Waals surface area contributed by atoms with Crippen molar-refractivity contribution in [1.82, 2.24) is 4.31 Å². The van der Waals surface area contributed by atoms with E-state index in [1.54, 1.807) is 59.5 Å². The summed E-state index contributed by atoms with van der Waals surface area (Å²) in [5.74, 6) is 0.877. The first-order valence-electron chi connectivity index (χ1n) is 11.3. The quantitative estimate of drug-likeness (QED) is 0.596. The van der Waals surface area contributed by atoms with Crippen LogP contribution in [0.1, 0.15) is 22.1 Å². The monoisotopic (exact) mass is 493 g/mol. The Morgan fingerprint density at radius 3 is 2.49 bits per heavy atom. The van der Waals surface area contributed by atoms with Gasteiger partial charge < -0.3 is 19.5 Å². The van der Waals surface area contributed by atoms with Gasteiger partial charge in [-0.15, -0.1) is 0 Å². The third kappa shape index (κ3) is 3.70. The summed E-state index contributed by atoms with van der Waals surface area (Å²) < 4.78 is 45.1. The highest BCUT2D eigenvalue weighted by molar-refractivity contribution is 7.89. The molecule has 1 unspecified atom stereocenters. The summed E-state index contributed by atoms with van der Waals surface area (Å²) >= 11 is 0. The minimum absolute atomic E-state index is 0.109. The van der Waals surface area contributed by atoms with E-state index in [0.29, 0.717) is 47.2 Å². The Hall–Kier alpha value is -3.60. The largest absolute Gasteiger partial charge is 0.454 e. The molecule has 6 rings (SSSR count). The number of fused-ring (bicyclic) bond motifs is 2. The van der Waals surface area contributed by atoms with Crippen molar-refractivity contribution in [2.45, 2.75) is 11.1 Å². The second-order valence-corrected chi connectivity index (χ2v) is 10.3. The van der Waals surface area contributed by atoms with E-state index >= 15 is 0 Å². The molecule has 3 aromatic carbocycles. The Morgan fingerprint density at radius 2 is 1.63 bits per heavy atom. The van der Waals surface area contributed by atoms with Crippen LogP contribution in [0.3, 0.4) is 0 Å². The number of benzene rings is 3. The fourth-order valence-corrected chi connectivity index (χ4v) is 6.28. The van der Waals surface area contributed by atoms with E-state index in [9.17, 15) is 13.2 Å². The Bertz CT molecular complexity index is 1400. The van der Waals surface area contributed by atoms with Gasteiger partial charge in [0.15, 0.2) is 11.5 Å². The molecule has 180 valence electrons. The van der Waals surface area contributed by atoms with Gasteiger partial charge in [0.2, 0.25) is 16.8 Å². The van der Waals surface area contributed by atoms with E-state index in [1.807, 2.05) is 12.1 Å². The van der Waals surface area contributed by atoms with Gasteiger partial charge in [0.05, 0.1) is 29.4 Å². The van der Waals surface area contributed by atoms with Crippen molar-refractivity contribution in [3.8, 4) is 11.5 Å². The van der Waals surface area contributed by atoms with E-state index in [1.165, 1.54) is 4.31 Å². The molecule has 1 atom stereocenters. The first-order valence-corrected chi connectivity index (χ1v) is 12.7. The summed E-state index contributed by atoms with van der Waals surface area (Å²) in [5, 5.41) is 3.40. The molecule has 10 heteroatoms. The predicted molar refractivity (Wildman–Crippen MR) is 128 cm³/mol. The van der Waals surface area contributed by atoms with Crippen molar-refractivity contribution in [2.75, 3.05) is 43.3 Å².